The highest BCUT2D eigenvalue weighted by molar-refractivity contribution is 7.07. The van der Waals surface area contributed by atoms with Crippen molar-refractivity contribution in [2.24, 2.45) is 4.99 Å². The number of thiophene rings is 1. The number of aliphatic imine (C=N–C) groups is 1. The number of guanidine groups is 1. The fourth-order valence-corrected chi connectivity index (χ4v) is 4.43. The maximum atomic E-state index is 5.91. The van der Waals surface area contributed by atoms with Gasteiger partial charge in [0.25, 0.3) is 0 Å². The van der Waals surface area contributed by atoms with Crippen molar-refractivity contribution in [1.29, 1.82) is 0 Å². The van der Waals surface area contributed by atoms with Crippen LogP contribution < -0.4 is 10.6 Å². The molecule has 0 spiro atoms. The Balaban J connectivity index is 1.30. The van der Waals surface area contributed by atoms with E-state index in [-0.39, 0.29) is 0 Å². The van der Waals surface area contributed by atoms with Gasteiger partial charge in [-0.1, -0.05) is 29.8 Å². The van der Waals surface area contributed by atoms with Crippen molar-refractivity contribution in [3.8, 4) is 11.3 Å². The number of nitrogens with one attached hydrogen (secondary N) is 2. The van der Waals surface area contributed by atoms with Gasteiger partial charge in [-0.3, -0.25) is 4.90 Å². The quantitative estimate of drug-likeness (QED) is 0.423. The minimum atomic E-state index is 0.415. The molecule has 1 saturated heterocycles. The average molecular weight is 438 g/mol. The summed E-state index contributed by atoms with van der Waals surface area (Å²) >= 11 is 1.77. The fourth-order valence-electron chi connectivity index (χ4n) is 3.77. The van der Waals surface area contributed by atoms with Gasteiger partial charge < -0.3 is 15.1 Å². The zero-order chi connectivity index (χ0) is 21.5. The van der Waals surface area contributed by atoms with Crippen molar-refractivity contribution in [3.63, 3.8) is 0 Å². The minimum absolute atomic E-state index is 0.415. The van der Waals surface area contributed by atoms with E-state index in [4.69, 9.17) is 9.41 Å². The summed E-state index contributed by atoms with van der Waals surface area (Å²) in [5.74, 6) is 2.23. The summed E-state index contributed by atoms with van der Waals surface area (Å²) in [6.45, 7) is 8.66. The number of hydrogen-bond acceptors (Lipinski definition) is 5. The maximum absolute atomic E-state index is 5.91. The second kappa shape index (κ2) is 10.6. The molecule has 1 aliphatic rings. The van der Waals surface area contributed by atoms with Crippen LogP contribution in [0, 0.1) is 6.92 Å². The molecule has 164 valence electrons. The molecule has 0 aliphatic carbocycles. The van der Waals surface area contributed by atoms with E-state index in [9.17, 15) is 0 Å². The first-order valence-corrected chi connectivity index (χ1v) is 11.9. The van der Waals surface area contributed by atoms with Gasteiger partial charge >= 0.3 is 0 Å². The molecule has 0 saturated carbocycles. The lowest BCUT2D eigenvalue weighted by atomic mass is 10.0. The Morgan fingerprint density at radius 1 is 1.23 bits per heavy atom. The molecule has 4 rings (SSSR count). The van der Waals surface area contributed by atoms with Crippen LogP contribution in [0.1, 0.15) is 36.8 Å². The second-order valence-electron chi connectivity index (χ2n) is 8.01. The monoisotopic (exact) mass is 437 g/mol. The number of rotatable bonds is 7. The molecule has 3 heterocycles. The standard InChI is InChI=1S/C24H31N5OS/c1-3-25-24(28-21-8-11-29(12-9-21)16-19-10-13-31-17-19)27-15-23-26-14-22(30-23)20-6-4-18(2)5-7-20/h4-7,10,13-14,17,21H,3,8-9,11-12,15-16H2,1-2H3,(H2,25,27,28). The Morgan fingerprint density at radius 3 is 2.74 bits per heavy atom. The van der Waals surface area contributed by atoms with E-state index in [0.29, 0.717) is 18.5 Å². The van der Waals surface area contributed by atoms with Crippen LogP contribution in [-0.2, 0) is 13.1 Å². The molecule has 1 fully saturated rings. The second-order valence-corrected chi connectivity index (χ2v) is 8.79. The predicted molar refractivity (Wildman–Crippen MR) is 127 cm³/mol. The lowest BCUT2D eigenvalue weighted by Gasteiger charge is -2.32. The molecule has 0 amide bonds. The van der Waals surface area contributed by atoms with Crippen LogP contribution in [0.5, 0.6) is 0 Å². The van der Waals surface area contributed by atoms with Gasteiger partial charge in [0, 0.05) is 37.8 Å². The lowest BCUT2D eigenvalue weighted by molar-refractivity contribution is 0.198. The summed E-state index contributed by atoms with van der Waals surface area (Å²) in [6, 6.07) is 10.9. The summed E-state index contributed by atoms with van der Waals surface area (Å²) in [6.07, 6.45) is 4.01. The molecular formula is C24H31N5OS. The van der Waals surface area contributed by atoms with Crippen molar-refractivity contribution in [2.45, 2.75) is 45.8 Å². The zero-order valence-corrected chi connectivity index (χ0v) is 19.1. The van der Waals surface area contributed by atoms with E-state index >= 15 is 0 Å². The largest absolute Gasteiger partial charge is 0.439 e. The van der Waals surface area contributed by atoms with Crippen LogP contribution in [0.3, 0.4) is 0 Å². The van der Waals surface area contributed by atoms with E-state index in [0.717, 1.165) is 56.3 Å². The van der Waals surface area contributed by atoms with Crippen LogP contribution in [-0.4, -0.2) is 41.5 Å². The summed E-state index contributed by atoms with van der Waals surface area (Å²) < 4.78 is 5.91. The first-order chi connectivity index (χ1) is 15.2. The van der Waals surface area contributed by atoms with Crippen molar-refractivity contribution in [1.82, 2.24) is 20.5 Å². The third-order valence-electron chi connectivity index (χ3n) is 5.52. The summed E-state index contributed by atoms with van der Waals surface area (Å²) in [5, 5.41) is 11.3. The molecule has 6 nitrogen and oxygen atoms in total. The van der Waals surface area contributed by atoms with Crippen molar-refractivity contribution < 1.29 is 4.42 Å². The van der Waals surface area contributed by atoms with Crippen LogP contribution in [0.4, 0.5) is 0 Å². The van der Waals surface area contributed by atoms with Crippen molar-refractivity contribution in [3.05, 3.63) is 64.3 Å². The normalized spacial score (nSPS) is 15.9. The number of aromatic nitrogens is 1. The van der Waals surface area contributed by atoms with Crippen LogP contribution in [0.15, 0.2) is 56.7 Å². The molecule has 1 aliphatic heterocycles. The number of aryl methyl sites for hydroxylation is 1. The maximum Gasteiger partial charge on any atom is 0.216 e. The molecule has 0 bridgehead atoms. The number of benzene rings is 1. The van der Waals surface area contributed by atoms with E-state index in [1.165, 1.54) is 11.1 Å². The Labute approximate surface area is 188 Å². The van der Waals surface area contributed by atoms with E-state index < -0.39 is 0 Å². The molecular weight excluding hydrogens is 406 g/mol. The fraction of sp³-hybridized carbons (Fsp3) is 0.417. The zero-order valence-electron chi connectivity index (χ0n) is 18.3. The van der Waals surface area contributed by atoms with Crippen molar-refractivity contribution in [2.75, 3.05) is 19.6 Å². The summed E-state index contributed by atoms with van der Waals surface area (Å²) in [5.41, 5.74) is 3.68. The highest BCUT2D eigenvalue weighted by atomic mass is 32.1. The van der Waals surface area contributed by atoms with Crippen LogP contribution >= 0.6 is 11.3 Å². The highest BCUT2D eigenvalue weighted by Gasteiger charge is 2.20. The molecule has 31 heavy (non-hydrogen) atoms. The number of oxazole rings is 1. The number of piperidine rings is 1. The van der Waals surface area contributed by atoms with Gasteiger partial charge in [0.05, 0.1) is 6.20 Å². The van der Waals surface area contributed by atoms with Gasteiger partial charge in [-0.2, -0.15) is 11.3 Å². The van der Waals surface area contributed by atoms with Gasteiger partial charge in [0.2, 0.25) is 5.89 Å². The van der Waals surface area contributed by atoms with Gasteiger partial charge in [0.1, 0.15) is 6.54 Å². The van der Waals surface area contributed by atoms with Gasteiger partial charge in [-0.15, -0.1) is 0 Å². The highest BCUT2D eigenvalue weighted by Crippen LogP contribution is 2.21. The summed E-state index contributed by atoms with van der Waals surface area (Å²) in [4.78, 5) is 11.6. The topological polar surface area (TPSA) is 65.7 Å². The smallest absolute Gasteiger partial charge is 0.216 e. The Bertz CT molecular complexity index is 956. The molecule has 7 heteroatoms. The van der Waals surface area contributed by atoms with Gasteiger partial charge in [0.15, 0.2) is 11.7 Å². The van der Waals surface area contributed by atoms with Crippen molar-refractivity contribution >= 4 is 17.3 Å². The Kier molecular flexibility index (Phi) is 7.38. The minimum Gasteiger partial charge on any atom is -0.439 e. The first kappa shape index (κ1) is 21.6. The molecule has 1 aromatic carbocycles. The third-order valence-corrected chi connectivity index (χ3v) is 6.25. The van der Waals surface area contributed by atoms with Crippen LogP contribution in [0.25, 0.3) is 11.3 Å². The Morgan fingerprint density at radius 2 is 2.03 bits per heavy atom. The van der Waals surface area contributed by atoms with Gasteiger partial charge in [-0.25, -0.2) is 9.98 Å². The number of nitrogens with zero attached hydrogens (tertiary/aromatic N) is 3. The Hall–Kier alpha value is -2.64. The predicted octanol–water partition coefficient (Wildman–Crippen LogP) is 4.43. The number of likely N-dealkylation sites (tertiary alicyclic amines) is 1. The SMILES string of the molecule is CCNC(=NCc1ncc(-c2ccc(C)cc2)o1)NC1CCN(Cc2ccsc2)CC1. The van der Waals surface area contributed by atoms with E-state index in [2.05, 4.69) is 75.5 Å². The lowest BCUT2D eigenvalue weighted by Crippen LogP contribution is -2.48. The number of hydrogen-bond donors (Lipinski definition) is 2. The first-order valence-electron chi connectivity index (χ1n) is 11.0. The third kappa shape index (κ3) is 6.18. The summed E-state index contributed by atoms with van der Waals surface area (Å²) in [7, 11) is 0. The molecule has 2 aromatic heterocycles. The molecule has 0 atom stereocenters. The molecule has 2 N–H and O–H groups in total. The van der Waals surface area contributed by atoms with E-state index in [1.54, 1.807) is 17.5 Å². The molecule has 3 aromatic rings. The van der Waals surface area contributed by atoms with E-state index in [1.807, 2.05) is 0 Å². The van der Waals surface area contributed by atoms with Crippen LogP contribution in [0.2, 0.25) is 0 Å². The molecule has 0 radical (unpaired) electrons. The van der Waals surface area contributed by atoms with Gasteiger partial charge in [-0.05, 0) is 49.1 Å². The molecule has 0 unspecified atom stereocenters. The average Bonchev–Trinajstić information content (AvgIpc) is 3.46.